The molecule has 0 spiro atoms. The largest absolute Gasteiger partial charge is 0.494 e. The summed E-state index contributed by atoms with van der Waals surface area (Å²) in [4.78, 5) is 21.0. The summed E-state index contributed by atoms with van der Waals surface area (Å²) in [7, 11) is 1.45. The molecule has 7 nitrogen and oxygen atoms in total. The van der Waals surface area contributed by atoms with E-state index in [1.807, 2.05) is 24.3 Å². The molecule has 2 aromatic rings. The number of amidine groups is 2. The first-order valence-corrected chi connectivity index (χ1v) is 12.2. The Hall–Kier alpha value is -3.27. The van der Waals surface area contributed by atoms with Crippen LogP contribution in [0.15, 0.2) is 52.4 Å². The van der Waals surface area contributed by atoms with E-state index in [1.54, 1.807) is 18.2 Å². The van der Waals surface area contributed by atoms with Gasteiger partial charge in [-0.2, -0.15) is 18.2 Å². The van der Waals surface area contributed by atoms with Crippen LogP contribution in [0, 0.1) is 5.41 Å². The minimum atomic E-state index is -4.67. The molecule has 2 aromatic carbocycles. The van der Waals surface area contributed by atoms with Gasteiger partial charge in [0.25, 0.3) is 0 Å². The smallest absolute Gasteiger partial charge is 0.402 e. The van der Waals surface area contributed by atoms with Gasteiger partial charge in [-0.05, 0) is 62.2 Å². The van der Waals surface area contributed by atoms with Crippen molar-refractivity contribution in [1.29, 1.82) is 0 Å². The van der Waals surface area contributed by atoms with Crippen molar-refractivity contribution in [1.82, 2.24) is 10.6 Å². The van der Waals surface area contributed by atoms with Crippen LogP contribution in [0.1, 0.15) is 56.5 Å². The van der Waals surface area contributed by atoms with Gasteiger partial charge in [0.05, 0.1) is 13.7 Å². The molecule has 1 heterocycles. The zero-order valence-electron chi connectivity index (χ0n) is 21.1. The molecule has 0 aliphatic carbocycles. The first-order chi connectivity index (χ1) is 17.5. The van der Waals surface area contributed by atoms with Crippen molar-refractivity contribution in [3.63, 3.8) is 0 Å². The third-order valence-corrected chi connectivity index (χ3v) is 6.23. The van der Waals surface area contributed by atoms with Crippen LogP contribution < -0.4 is 15.4 Å². The average Bonchev–Trinajstić information content (AvgIpc) is 2.87. The van der Waals surface area contributed by atoms with E-state index in [-0.39, 0.29) is 12.6 Å². The average molecular weight is 539 g/mol. The number of alkyl halides is 3. The summed E-state index contributed by atoms with van der Waals surface area (Å²) < 4.78 is 50.5. The lowest BCUT2D eigenvalue weighted by atomic mass is 9.91. The molecule has 1 amide bonds. The number of methoxy groups -OCH3 is 1. The summed E-state index contributed by atoms with van der Waals surface area (Å²) in [5.74, 6) is 0.125. The molecule has 1 aliphatic heterocycles. The van der Waals surface area contributed by atoms with Gasteiger partial charge in [-0.1, -0.05) is 31.0 Å². The Morgan fingerprint density at radius 3 is 2.49 bits per heavy atom. The van der Waals surface area contributed by atoms with E-state index < -0.39 is 23.7 Å². The topological polar surface area (TPSA) is 84.3 Å². The SMILES string of the molecule is CCCCOc1ccc(C2=NC(OC)=NC(c3cc(CNC(=O)C(C)(C)C(F)(F)F)ccc3Cl)N2)cc1. The maximum atomic E-state index is 13.2. The van der Waals surface area contributed by atoms with Gasteiger partial charge in [-0.3, -0.25) is 4.79 Å². The minimum absolute atomic E-state index is 0.115. The fraction of sp³-hybridized carbons (Fsp3) is 0.423. The lowest BCUT2D eigenvalue weighted by Crippen LogP contribution is -2.46. The van der Waals surface area contributed by atoms with Crippen molar-refractivity contribution in [2.24, 2.45) is 15.4 Å². The Kier molecular flexibility index (Phi) is 9.07. The fourth-order valence-electron chi connectivity index (χ4n) is 3.31. The van der Waals surface area contributed by atoms with Crippen LogP contribution in [-0.4, -0.2) is 37.7 Å². The highest BCUT2D eigenvalue weighted by Crippen LogP contribution is 2.37. The minimum Gasteiger partial charge on any atom is -0.494 e. The molecule has 3 rings (SSSR count). The Bertz CT molecular complexity index is 1160. The van der Waals surface area contributed by atoms with E-state index >= 15 is 0 Å². The highest BCUT2D eigenvalue weighted by Gasteiger charge is 2.52. The van der Waals surface area contributed by atoms with E-state index in [0.717, 1.165) is 38.0 Å². The highest BCUT2D eigenvalue weighted by atomic mass is 35.5. The van der Waals surface area contributed by atoms with Gasteiger partial charge in [-0.25, -0.2) is 4.99 Å². The van der Waals surface area contributed by atoms with Gasteiger partial charge in [0.1, 0.15) is 17.0 Å². The van der Waals surface area contributed by atoms with Crippen LogP contribution in [0.4, 0.5) is 13.2 Å². The monoisotopic (exact) mass is 538 g/mol. The summed E-state index contributed by atoms with van der Waals surface area (Å²) in [5.41, 5.74) is -0.650. The number of nitrogens with one attached hydrogen (secondary N) is 2. The molecule has 0 bridgehead atoms. The summed E-state index contributed by atoms with van der Waals surface area (Å²) >= 11 is 6.45. The van der Waals surface area contributed by atoms with Crippen LogP contribution in [0.3, 0.4) is 0 Å². The number of unbranched alkanes of at least 4 members (excludes halogenated alkanes) is 1. The van der Waals surface area contributed by atoms with E-state index in [4.69, 9.17) is 21.1 Å². The van der Waals surface area contributed by atoms with Crippen molar-refractivity contribution in [3.05, 3.63) is 64.2 Å². The first-order valence-electron chi connectivity index (χ1n) is 11.8. The molecule has 11 heteroatoms. The summed E-state index contributed by atoms with van der Waals surface area (Å²) in [5, 5.41) is 5.95. The number of hydrogen-bond donors (Lipinski definition) is 2. The van der Waals surface area contributed by atoms with E-state index in [0.29, 0.717) is 28.6 Å². The molecule has 0 aromatic heterocycles. The fourth-order valence-corrected chi connectivity index (χ4v) is 3.53. The zero-order valence-corrected chi connectivity index (χ0v) is 21.8. The van der Waals surface area contributed by atoms with Crippen molar-refractivity contribution < 1.29 is 27.4 Å². The number of halogens is 4. The second kappa shape index (κ2) is 11.9. The van der Waals surface area contributed by atoms with Crippen LogP contribution >= 0.6 is 11.6 Å². The number of rotatable bonds is 9. The molecule has 0 fully saturated rings. The molecule has 2 N–H and O–H groups in total. The van der Waals surface area contributed by atoms with Crippen LogP contribution in [0.25, 0.3) is 0 Å². The van der Waals surface area contributed by atoms with Crippen molar-refractivity contribution >= 4 is 29.4 Å². The third kappa shape index (κ3) is 6.94. The standard InChI is InChI=1S/C26H30ClF3N4O3/c1-5-6-13-37-18-10-8-17(9-11-18)21-32-22(34-24(33-21)36-4)19-14-16(7-12-20(19)27)15-31-23(35)25(2,3)26(28,29)30/h7-12,14,22H,5-6,13,15H2,1-4H3,(H,31,35)(H,32,33,34). The molecular weight excluding hydrogens is 509 g/mol. The van der Waals surface area contributed by atoms with Gasteiger partial charge in [0.15, 0.2) is 6.17 Å². The second-order valence-corrected chi connectivity index (χ2v) is 9.42. The Balaban J connectivity index is 1.77. The quantitative estimate of drug-likeness (QED) is 0.397. The van der Waals surface area contributed by atoms with Crippen molar-refractivity contribution in [2.75, 3.05) is 13.7 Å². The number of carbonyl (C=O) groups is 1. The van der Waals surface area contributed by atoms with Crippen LogP contribution in [0.5, 0.6) is 5.75 Å². The summed E-state index contributed by atoms with van der Waals surface area (Å²) in [6.07, 6.45) is -3.34. The number of hydrogen-bond acceptors (Lipinski definition) is 6. The summed E-state index contributed by atoms with van der Waals surface area (Å²) in [6.45, 7) is 4.30. The highest BCUT2D eigenvalue weighted by molar-refractivity contribution is 6.31. The number of ether oxygens (including phenoxy) is 2. The normalized spacial score (nSPS) is 15.8. The van der Waals surface area contributed by atoms with Crippen LogP contribution in [0.2, 0.25) is 5.02 Å². The predicted molar refractivity (Wildman–Crippen MR) is 137 cm³/mol. The number of benzene rings is 2. The Morgan fingerprint density at radius 2 is 1.86 bits per heavy atom. The number of amides is 1. The van der Waals surface area contributed by atoms with E-state index in [9.17, 15) is 18.0 Å². The maximum Gasteiger partial charge on any atom is 0.402 e. The van der Waals surface area contributed by atoms with Crippen molar-refractivity contribution in [3.8, 4) is 5.75 Å². The zero-order chi connectivity index (χ0) is 27.2. The van der Waals surface area contributed by atoms with Gasteiger partial charge in [-0.15, -0.1) is 0 Å². The molecule has 1 aliphatic rings. The molecule has 37 heavy (non-hydrogen) atoms. The molecule has 200 valence electrons. The number of aliphatic imine (C=N–C) groups is 2. The van der Waals surface area contributed by atoms with E-state index in [1.165, 1.54) is 7.11 Å². The Morgan fingerprint density at radius 1 is 1.16 bits per heavy atom. The molecule has 0 radical (unpaired) electrons. The Labute approximate surface area is 219 Å². The lowest BCUT2D eigenvalue weighted by Gasteiger charge is -2.26. The van der Waals surface area contributed by atoms with Gasteiger partial charge < -0.3 is 20.1 Å². The van der Waals surface area contributed by atoms with Gasteiger partial charge in [0, 0.05) is 22.7 Å². The lowest BCUT2D eigenvalue weighted by molar-refractivity contribution is -0.211. The molecule has 0 saturated heterocycles. The van der Waals surface area contributed by atoms with E-state index in [2.05, 4.69) is 27.5 Å². The van der Waals surface area contributed by atoms with Gasteiger partial charge >= 0.3 is 12.2 Å². The number of nitrogens with zero attached hydrogens (tertiary/aromatic N) is 2. The second-order valence-electron chi connectivity index (χ2n) is 9.01. The molecule has 1 unspecified atom stereocenters. The predicted octanol–water partition coefficient (Wildman–Crippen LogP) is 5.77. The molecule has 0 saturated carbocycles. The maximum absolute atomic E-state index is 13.2. The molecular formula is C26H30ClF3N4O3. The summed E-state index contributed by atoms with van der Waals surface area (Å²) in [6, 6.07) is 12.4. The third-order valence-electron chi connectivity index (χ3n) is 5.88. The van der Waals surface area contributed by atoms with Gasteiger partial charge in [0.2, 0.25) is 5.91 Å². The molecule has 1 atom stereocenters. The first kappa shape index (κ1) is 28.3. The van der Waals surface area contributed by atoms with Crippen LogP contribution in [-0.2, 0) is 16.1 Å². The number of carbonyl (C=O) groups excluding carboxylic acids is 1. The van der Waals surface area contributed by atoms with Crippen molar-refractivity contribution in [2.45, 2.75) is 52.5 Å².